The summed E-state index contributed by atoms with van der Waals surface area (Å²) in [4.78, 5) is 28.8. The Morgan fingerprint density at radius 3 is 1.67 bits per heavy atom. The summed E-state index contributed by atoms with van der Waals surface area (Å²) in [6.45, 7) is 18.4. The van der Waals surface area contributed by atoms with Gasteiger partial charge in [0.1, 0.15) is 0 Å². The number of benzene rings is 1. The van der Waals surface area contributed by atoms with Crippen molar-refractivity contribution in [1.29, 1.82) is 0 Å². The van der Waals surface area contributed by atoms with Crippen LogP contribution in [0, 0.1) is 57.3 Å². The van der Waals surface area contributed by atoms with Gasteiger partial charge in [0, 0.05) is 31.6 Å². The Labute approximate surface area is 234 Å². The molecule has 4 fully saturated rings. The van der Waals surface area contributed by atoms with Gasteiger partial charge in [0.2, 0.25) is 10.0 Å². The zero-order valence-corrected chi connectivity index (χ0v) is 25.9. The molecule has 216 valence electrons. The number of carbonyl (C=O) groups excluding carboxylic acids is 2. The number of nitrogens with zero attached hydrogens (tertiary/aromatic N) is 2. The smallest absolute Gasteiger partial charge is 0.313 e. The highest BCUT2D eigenvalue weighted by atomic mass is 32.2. The molecule has 39 heavy (non-hydrogen) atoms. The monoisotopic (exact) mass is 558 g/mol. The second kappa shape index (κ2) is 9.30. The number of carbonyl (C=O) groups is 2. The number of hydrogen-bond donors (Lipinski definition) is 0. The van der Waals surface area contributed by atoms with E-state index in [1.165, 1.54) is 5.56 Å². The van der Waals surface area contributed by atoms with Crippen LogP contribution in [0.5, 0.6) is 0 Å². The minimum atomic E-state index is -3.56. The van der Waals surface area contributed by atoms with Crippen molar-refractivity contribution >= 4 is 21.9 Å². The predicted molar refractivity (Wildman–Crippen MR) is 151 cm³/mol. The molecular formula is C31H46N2O5S. The standard InChI is InChI=1S/C31H46N2O5S/c1-19-20(2)22(4)26(23(5)21(19)3)39(36,37)33-17-11-25(12-18-33)24-9-15-32(16-10-24)27(34)31-14-13-30(8,28(35)38-31)29(31,6)7/h24-25H,9-18H2,1-8H3. The summed E-state index contributed by atoms with van der Waals surface area (Å²) in [5, 5.41) is 0. The van der Waals surface area contributed by atoms with Gasteiger partial charge in [0.05, 0.1) is 10.3 Å². The fraction of sp³-hybridized carbons (Fsp3) is 0.742. The number of amides is 1. The Morgan fingerprint density at radius 1 is 0.769 bits per heavy atom. The van der Waals surface area contributed by atoms with Crippen LogP contribution in [-0.4, -0.2) is 61.3 Å². The number of esters is 1. The molecule has 1 aromatic rings. The first-order valence-electron chi connectivity index (χ1n) is 14.7. The van der Waals surface area contributed by atoms with E-state index in [1.54, 1.807) is 4.31 Å². The fourth-order valence-electron chi connectivity index (χ4n) is 8.12. The highest BCUT2D eigenvalue weighted by Crippen LogP contribution is 2.66. The van der Waals surface area contributed by atoms with Crippen molar-refractivity contribution in [2.45, 2.75) is 104 Å². The Morgan fingerprint density at radius 2 is 1.23 bits per heavy atom. The lowest BCUT2D eigenvalue weighted by atomic mass is 9.66. The molecule has 5 rings (SSSR count). The third-order valence-electron chi connectivity index (χ3n) is 12.0. The van der Waals surface area contributed by atoms with Crippen molar-refractivity contribution in [1.82, 2.24) is 9.21 Å². The van der Waals surface area contributed by atoms with Gasteiger partial charge in [-0.15, -0.1) is 0 Å². The number of rotatable bonds is 4. The molecule has 0 N–H and O–H groups in total. The van der Waals surface area contributed by atoms with Gasteiger partial charge in [0.15, 0.2) is 5.60 Å². The fourth-order valence-corrected chi connectivity index (χ4v) is 10.1. The minimum absolute atomic E-state index is 0.0177. The summed E-state index contributed by atoms with van der Waals surface area (Å²) in [6.07, 6.45) is 4.84. The summed E-state index contributed by atoms with van der Waals surface area (Å²) in [7, 11) is -3.56. The van der Waals surface area contributed by atoms with E-state index >= 15 is 0 Å². The Balaban J connectivity index is 1.22. The van der Waals surface area contributed by atoms with Gasteiger partial charge in [-0.25, -0.2) is 8.42 Å². The molecule has 7 nitrogen and oxygen atoms in total. The van der Waals surface area contributed by atoms with Crippen LogP contribution in [-0.2, 0) is 24.3 Å². The highest BCUT2D eigenvalue weighted by molar-refractivity contribution is 7.89. The molecule has 0 spiro atoms. The molecule has 2 unspecified atom stereocenters. The van der Waals surface area contributed by atoms with Crippen molar-refractivity contribution in [3.8, 4) is 0 Å². The molecule has 3 heterocycles. The molecule has 2 atom stereocenters. The number of sulfonamides is 1. The zero-order chi connectivity index (χ0) is 28.7. The van der Waals surface area contributed by atoms with Crippen LogP contribution < -0.4 is 0 Å². The largest absolute Gasteiger partial charge is 0.448 e. The molecule has 1 aromatic carbocycles. The number of fused-ring (bicyclic) bond motifs is 2. The molecule has 0 radical (unpaired) electrons. The van der Waals surface area contributed by atoms with Crippen molar-refractivity contribution in [2.75, 3.05) is 26.2 Å². The van der Waals surface area contributed by atoms with Crippen LogP contribution in [0.4, 0.5) is 0 Å². The predicted octanol–water partition coefficient (Wildman–Crippen LogP) is 4.99. The molecule has 3 saturated heterocycles. The molecule has 1 amide bonds. The van der Waals surface area contributed by atoms with Crippen LogP contribution >= 0.6 is 0 Å². The third-order valence-corrected chi connectivity index (χ3v) is 14.1. The van der Waals surface area contributed by atoms with E-state index < -0.39 is 26.5 Å². The molecule has 1 saturated carbocycles. The van der Waals surface area contributed by atoms with E-state index in [0.717, 1.165) is 47.9 Å². The van der Waals surface area contributed by atoms with E-state index in [4.69, 9.17) is 4.74 Å². The second-order valence-corrected chi connectivity index (χ2v) is 15.4. The first-order valence-corrected chi connectivity index (χ1v) is 16.1. The van der Waals surface area contributed by atoms with E-state index in [0.29, 0.717) is 55.8 Å². The lowest BCUT2D eigenvalue weighted by molar-refractivity contribution is -0.175. The van der Waals surface area contributed by atoms with Crippen LogP contribution in [0.25, 0.3) is 0 Å². The van der Waals surface area contributed by atoms with E-state index in [2.05, 4.69) is 6.92 Å². The van der Waals surface area contributed by atoms with E-state index in [-0.39, 0.29) is 11.9 Å². The lowest BCUT2D eigenvalue weighted by Gasteiger charge is -2.43. The molecule has 3 aliphatic heterocycles. The number of hydrogen-bond acceptors (Lipinski definition) is 5. The molecule has 4 aliphatic rings. The average molecular weight is 559 g/mol. The molecule has 2 bridgehead atoms. The molecule has 8 heteroatoms. The molecule has 1 aliphatic carbocycles. The van der Waals surface area contributed by atoms with Gasteiger partial charge in [-0.1, -0.05) is 13.8 Å². The zero-order valence-electron chi connectivity index (χ0n) is 25.1. The third kappa shape index (κ3) is 3.87. The number of ether oxygens (including phenoxy) is 1. The summed E-state index contributed by atoms with van der Waals surface area (Å²) in [5.74, 6) is 0.698. The van der Waals surface area contributed by atoms with Crippen molar-refractivity contribution in [3.05, 3.63) is 27.8 Å². The maximum atomic E-state index is 13.8. The lowest BCUT2D eigenvalue weighted by Crippen LogP contribution is -2.56. The minimum Gasteiger partial charge on any atom is -0.448 e. The van der Waals surface area contributed by atoms with Gasteiger partial charge < -0.3 is 9.64 Å². The van der Waals surface area contributed by atoms with Crippen molar-refractivity contribution in [2.24, 2.45) is 22.7 Å². The van der Waals surface area contributed by atoms with Crippen LogP contribution in [0.2, 0.25) is 0 Å². The van der Waals surface area contributed by atoms with E-state index in [1.807, 2.05) is 53.4 Å². The first kappa shape index (κ1) is 28.6. The normalized spacial score (nSPS) is 30.2. The van der Waals surface area contributed by atoms with Crippen LogP contribution in [0.1, 0.15) is 87.1 Å². The van der Waals surface area contributed by atoms with Gasteiger partial charge >= 0.3 is 5.97 Å². The topological polar surface area (TPSA) is 84.0 Å². The highest BCUT2D eigenvalue weighted by Gasteiger charge is 2.76. The molecule has 0 aromatic heterocycles. The summed E-state index contributed by atoms with van der Waals surface area (Å²) in [5.41, 5.74) is 2.88. The number of likely N-dealkylation sites (tertiary alicyclic amines) is 1. The number of piperidine rings is 2. The average Bonchev–Trinajstić information content (AvgIpc) is 3.21. The van der Waals surface area contributed by atoms with Crippen LogP contribution in [0.15, 0.2) is 4.90 Å². The van der Waals surface area contributed by atoms with Crippen LogP contribution in [0.3, 0.4) is 0 Å². The summed E-state index contributed by atoms with van der Waals surface area (Å²) >= 11 is 0. The quantitative estimate of drug-likeness (QED) is 0.486. The first-order chi connectivity index (χ1) is 18.1. The van der Waals surface area contributed by atoms with E-state index in [9.17, 15) is 18.0 Å². The summed E-state index contributed by atoms with van der Waals surface area (Å²) in [6, 6.07) is 0. The van der Waals surface area contributed by atoms with Gasteiger partial charge in [-0.3, -0.25) is 9.59 Å². The molecular weight excluding hydrogens is 512 g/mol. The maximum absolute atomic E-state index is 13.8. The Kier molecular flexibility index (Phi) is 6.82. The maximum Gasteiger partial charge on any atom is 0.313 e. The van der Waals surface area contributed by atoms with Gasteiger partial charge in [-0.05, 0) is 120 Å². The van der Waals surface area contributed by atoms with Crippen molar-refractivity contribution in [3.63, 3.8) is 0 Å². The Bertz CT molecular complexity index is 1290. The Hall–Kier alpha value is -1.93. The van der Waals surface area contributed by atoms with Gasteiger partial charge in [0.25, 0.3) is 5.91 Å². The SMILES string of the molecule is Cc1c(C)c(C)c(S(=O)(=O)N2CCC(C3CCN(C(=O)C45CCC(C)(C(=O)O4)C5(C)C)CC3)CC2)c(C)c1C. The summed E-state index contributed by atoms with van der Waals surface area (Å²) < 4.78 is 35.1. The van der Waals surface area contributed by atoms with Gasteiger partial charge in [-0.2, -0.15) is 4.31 Å². The van der Waals surface area contributed by atoms with Crippen molar-refractivity contribution < 1.29 is 22.7 Å². The second-order valence-electron chi connectivity index (χ2n) is 13.5.